The van der Waals surface area contributed by atoms with Crippen molar-refractivity contribution in [2.75, 3.05) is 6.54 Å². The summed E-state index contributed by atoms with van der Waals surface area (Å²) in [5, 5.41) is 8.17. The van der Waals surface area contributed by atoms with Crippen LogP contribution in [0, 0.1) is 0 Å². The van der Waals surface area contributed by atoms with Crippen LogP contribution in [0.2, 0.25) is 10.0 Å². The highest BCUT2D eigenvalue weighted by atomic mass is 35.5. The number of rotatable bonds is 4. The smallest absolute Gasteiger partial charge is 0.410 e. The third-order valence-corrected chi connectivity index (χ3v) is 4.65. The van der Waals surface area contributed by atoms with Crippen LogP contribution >= 0.6 is 23.2 Å². The minimum atomic E-state index is -0.432. The fourth-order valence-corrected chi connectivity index (χ4v) is 3.57. The highest BCUT2D eigenvalue weighted by molar-refractivity contribution is 6.34. The summed E-state index contributed by atoms with van der Waals surface area (Å²) in [5.74, 6) is -0.220. The number of fused-ring (bicyclic) bond motifs is 1. The molecule has 0 atom stereocenters. The van der Waals surface area contributed by atoms with Crippen molar-refractivity contribution in [1.29, 1.82) is 0 Å². The molecule has 28 heavy (non-hydrogen) atoms. The first-order chi connectivity index (χ1) is 13.3. The minimum Gasteiger partial charge on any atom is -0.445 e. The van der Waals surface area contributed by atoms with Gasteiger partial charge >= 0.3 is 6.09 Å². The molecule has 2 heterocycles. The van der Waals surface area contributed by atoms with Crippen molar-refractivity contribution in [2.24, 2.45) is 0 Å². The lowest BCUT2D eigenvalue weighted by Gasteiger charge is -2.19. The van der Waals surface area contributed by atoms with Gasteiger partial charge in [-0.05, 0) is 50.1 Å². The van der Waals surface area contributed by atoms with E-state index in [0.29, 0.717) is 35.4 Å². The molecule has 1 aliphatic heterocycles. The minimum absolute atomic E-state index is 0.0282. The van der Waals surface area contributed by atoms with Gasteiger partial charge in [0, 0.05) is 29.2 Å². The number of ether oxygens (including phenoxy) is 1. The van der Waals surface area contributed by atoms with E-state index in [1.807, 2.05) is 13.8 Å². The van der Waals surface area contributed by atoms with Gasteiger partial charge in [0.25, 0.3) is 5.91 Å². The van der Waals surface area contributed by atoms with Crippen LogP contribution in [0.4, 0.5) is 4.79 Å². The Balaban J connectivity index is 1.65. The van der Waals surface area contributed by atoms with E-state index in [9.17, 15) is 9.59 Å². The number of nitrogens with one attached hydrogen (secondary N) is 1. The van der Waals surface area contributed by atoms with Crippen molar-refractivity contribution in [1.82, 2.24) is 20.0 Å². The number of nitrogens with zero attached hydrogens (tertiary/aromatic N) is 3. The van der Waals surface area contributed by atoms with Crippen LogP contribution in [-0.4, -0.2) is 39.3 Å². The maximum Gasteiger partial charge on any atom is 0.410 e. The van der Waals surface area contributed by atoms with Crippen molar-refractivity contribution < 1.29 is 14.3 Å². The van der Waals surface area contributed by atoms with Gasteiger partial charge in [0.2, 0.25) is 0 Å². The lowest BCUT2D eigenvalue weighted by molar-refractivity contribution is 0.0936. The van der Waals surface area contributed by atoms with Gasteiger partial charge < -0.3 is 15.0 Å². The molecule has 2 amide bonds. The van der Waals surface area contributed by atoms with E-state index >= 15 is 0 Å². The first-order valence-corrected chi connectivity index (χ1v) is 9.81. The number of hydrogen-bond donors (Lipinski definition) is 1. The van der Waals surface area contributed by atoms with Gasteiger partial charge in [-0.3, -0.25) is 9.48 Å². The molecule has 0 unspecified atom stereocenters. The summed E-state index contributed by atoms with van der Waals surface area (Å²) in [6.45, 7) is 5.38. The zero-order valence-electron chi connectivity index (χ0n) is 15.7. The van der Waals surface area contributed by atoms with Gasteiger partial charge in [-0.15, -0.1) is 0 Å². The van der Waals surface area contributed by atoms with E-state index in [1.165, 1.54) is 0 Å². The number of benzene rings is 1. The lowest BCUT2D eigenvalue weighted by Crippen LogP contribution is -2.31. The number of amides is 2. The summed E-state index contributed by atoms with van der Waals surface area (Å²) in [5.41, 5.74) is 1.87. The van der Waals surface area contributed by atoms with Crippen LogP contribution in [0.5, 0.6) is 0 Å². The Labute approximate surface area is 173 Å². The molecule has 0 saturated heterocycles. The molecule has 1 aromatic heterocycles. The van der Waals surface area contributed by atoms with Crippen LogP contribution in [-0.2, 0) is 24.4 Å². The zero-order valence-corrected chi connectivity index (χ0v) is 17.3. The fourth-order valence-electron chi connectivity index (χ4n) is 3.00. The maximum atomic E-state index is 12.5. The molecule has 0 fully saturated rings. The predicted octanol–water partition coefficient (Wildman–Crippen LogP) is 3.87. The van der Waals surface area contributed by atoms with Crippen molar-refractivity contribution in [3.8, 4) is 0 Å². The Morgan fingerprint density at radius 2 is 1.89 bits per heavy atom. The molecule has 0 radical (unpaired) electrons. The number of halogens is 2. The second-order valence-electron chi connectivity index (χ2n) is 6.98. The number of carbonyl (C=O) groups excluding carboxylic acids is 2. The molecule has 3 rings (SSSR count). The molecule has 1 aliphatic rings. The number of hydrogen-bond acceptors (Lipinski definition) is 4. The third-order valence-electron chi connectivity index (χ3n) is 4.21. The summed E-state index contributed by atoms with van der Waals surface area (Å²) >= 11 is 11.9. The van der Waals surface area contributed by atoms with Crippen molar-refractivity contribution in [3.05, 3.63) is 51.3 Å². The summed E-state index contributed by atoms with van der Waals surface area (Å²) < 4.78 is 7.19. The predicted molar refractivity (Wildman–Crippen MR) is 107 cm³/mol. The van der Waals surface area contributed by atoms with Crippen molar-refractivity contribution >= 4 is 35.2 Å². The quantitative estimate of drug-likeness (QED) is 0.807. The van der Waals surface area contributed by atoms with Gasteiger partial charge in [-0.25, -0.2) is 4.79 Å². The summed E-state index contributed by atoms with van der Waals surface area (Å²) in [6.07, 6.45) is 0.289. The monoisotopic (exact) mass is 424 g/mol. The topological polar surface area (TPSA) is 76.5 Å². The number of aryl methyl sites for hydroxylation is 1. The molecule has 7 nitrogen and oxygen atoms in total. The molecule has 1 N–H and O–H groups in total. The van der Waals surface area contributed by atoms with Gasteiger partial charge in [-0.2, -0.15) is 5.10 Å². The van der Waals surface area contributed by atoms with E-state index in [-0.39, 0.29) is 18.6 Å². The molecule has 0 bridgehead atoms. The van der Waals surface area contributed by atoms with E-state index < -0.39 is 6.09 Å². The Bertz CT molecular complexity index is 862. The SMILES string of the molecule is CC(C)NC(=O)c1cc2n(n1)CCCN(C(=O)OCc1cc(Cl)cc(Cl)c1)C2. The first-order valence-electron chi connectivity index (χ1n) is 9.06. The van der Waals surface area contributed by atoms with Gasteiger partial charge in [0.15, 0.2) is 5.69 Å². The number of carbonyl (C=O) groups is 2. The highest BCUT2D eigenvalue weighted by Crippen LogP contribution is 2.20. The summed E-state index contributed by atoms with van der Waals surface area (Å²) in [7, 11) is 0. The summed E-state index contributed by atoms with van der Waals surface area (Å²) in [6, 6.07) is 6.79. The molecular formula is C19H22Cl2N4O3. The van der Waals surface area contributed by atoms with Gasteiger partial charge in [0.1, 0.15) is 6.61 Å². The maximum absolute atomic E-state index is 12.5. The molecule has 1 aromatic carbocycles. The highest BCUT2D eigenvalue weighted by Gasteiger charge is 2.23. The second-order valence-corrected chi connectivity index (χ2v) is 7.85. The largest absolute Gasteiger partial charge is 0.445 e. The lowest BCUT2D eigenvalue weighted by atomic mass is 10.2. The van der Waals surface area contributed by atoms with Crippen LogP contribution in [0.15, 0.2) is 24.3 Å². The first kappa shape index (κ1) is 20.5. The molecular weight excluding hydrogens is 403 g/mol. The van der Waals surface area contributed by atoms with Crippen LogP contribution in [0.1, 0.15) is 42.0 Å². The standard InChI is InChI=1S/C19H22Cl2N4O3/c1-12(2)22-18(26)17-9-16-10-24(4-3-5-25(16)23-17)19(27)28-11-13-6-14(20)8-15(21)7-13/h6-9,12H,3-5,10-11H2,1-2H3,(H,22,26). The summed E-state index contributed by atoms with van der Waals surface area (Å²) in [4.78, 5) is 26.3. The van der Waals surface area contributed by atoms with Gasteiger partial charge in [-0.1, -0.05) is 23.2 Å². The fraction of sp³-hybridized carbons (Fsp3) is 0.421. The molecule has 2 aromatic rings. The van der Waals surface area contributed by atoms with E-state index in [1.54, 1.807) is 33.8 Å². The molecule has 9 heteroatoms. The van der Waals surface area contributed by atoms with E-state index in [4.69, 9.17) is 27.9 Å². The molecule has 150 valence electrons. The van der Waals surface area contributed by atoms with Crippen molar-refractivity contribution in [2.45, 2.75) is 46.0 Å². The van der Waals surface area contributed by atoms with Crippen LogP contribution in [0.3, 0.4) is 0 Å². The zero-order chi connectivity index (χ0) is 20.3. The van der Waals surface area contributed by atoms with E-state index in [2.05, 4.69) is 10.4 Å². The Morgan fingerprint density at radius 3 is 2.57 bits per heavy atom. The molecule has 0 saturated carbocycles. The second kappa shape index (κ2) is 8.84. The van der Waals surface area contributed by atoms with Gasteiger partial charge in [0.05, 0.1) is 12.2 Å². The number of aromatic nitrogens is 2. The Kier molecular flexibility index (Phi) is 6.46. The third kappa shape index (κ3) is 5.17. The molecule has 0 spiro atoms. The van der Waals surface area contributed by atoms with Crippen LogP contribution < -0.4 is 5.32 Å². The van der Waals surface area contributed by atoms with Crippen molar-refractivity contribution in [3.63, 3.8) is 0 Å². The van der Waals surface area contributed by atoms with Crippen LogP contribution in [0.25, 0.3) is 0 Å². The Morgan fingerprint density at radius 1 is 1.18 bits per heavy atom. The average Bonchev–Trinajstić information content (AvgIpc) is 2.90. The normalized spacial score (nSPS) is 13.8. The average molecular weight is 425 g/mol. The molecule has 0 aliphatic carbocycles. The Hall–Kier alpha value is -2.25. The van der Waals surface area contributed by atoms with E-state index in [0.717, 1.165) is 17.7 Å².